The van der Waals surface area contributed by atoms with Crippen LogP contribution in [0.5, 0.6) is 0 Å². The number of aliphatic imine (C=N–C) groups is 1. The average molecular weight is 475 g/mol. The van der Waals surface area contributed by atoms with Crippen molar-refractivity contribution in [3.8, 4) is 0 Å². The molecule has 1 atom stereocenters. The van der Waals surface area contributed by atoms with Crippen LogP contribution in [0.15, 0.2) is 54.3 Å². The van der Waals surface area contributed by atoms with Crippen LogP contribution in [0.1, 0.15) is 62.8 Å². The van der Waals surface area contributed by atoms with Gasteiger partial charge in [0.05, 0.1) is 25.8 Å². The zero-order valence-corrected chi connectivity index (χ0v) is 19.9. The minimum atomic E-state index is -0.510. The van der Waals surface area contributed by atoms with Gasteiger partial charge < -0.3 is 5.32 Å². The van der Waals surface area contributed by atoms with Crippen LogP contribution in [0.25, 0.3) is 5.57 Å². The number of carbonyl (C=O) groups excluding carboxylic acids is 1. The smallest absolute Gasteiger partial charge is 0.262 e. The summed E-state index contributed by atoms with van der Waals surface area (Å²) >= 11 is 9.00. The van der Waals surface area contributed by atoms with Gasteiger partial charge in [0.1, 0.15) is 5.83 Å². The lowest BCUT2D eigenvalue weighted by Crippen LogP contribution is -2.27. The molecular formula is C24H24ClFN2OS2. The van der Waals surface area contributed by atoms with Gasteiger partial charge in [-0.1, -0.05) is 45.2 Å². The highest BCUT2D eigenvalue weighted by molar-refractivity contribution is 7.16. The summed E-state index contributed by atoms with van der Waals surface area (Å²) < 4.78 is 14.4. The number of nitrogens with zero attached hydrogens (tertiary/aromatic N) is 1. The highest BCUT2D eigenvalue weighted by Crippen LogP contribution is 2.45. The van der Waals surface area contributed by atoms with Crippen molar-refractivity contribution in [1.82, 2.24) is 5.32 Å². The van der Waals surface area contributed by atoms with Gasteiger partial charge in [-0.05, 0) is 60.4 Å². The molecule has 0 saturated heterocycles. The Hall–Kier alpha value is -2.28. The molecule has 1 aliphatic carbocycles. The molecule has 1 amide bonds. The summed E-state index contributed by atoms with van der Waals surface area (Å²) in [6, 6.07) is 1.87. The van der Waals surface area contributed by atoms with Crippen molar-refractivity contribution in [3.05, 3.63) is 79.4 Å². The summed E-state index contributed by atoms with van der Waals surface area (Å²) in [5.74, 6) is -0.650. The summed E-state index contributed by atoms with van der Waals surface area (Å²) in [6.45, 7) is 19.1. The maximum Gasteiger partial charge on any atom is 0.262 e. The molecule has 0 aliphatic heterocycles. The molecular weight excluding hydrogens is 451 g/mol. The normalized spacial score (nSPS) is 15.6. The molecule has 0 unspecified atom stereocenters. The molecule has 3 rings (SSSR count). The van der Waals surface area contributed by atoms with E-state index >= 15 is 0 Å². The highest BCUT2D eigenvalue weighted by Gasteiger charge is 2.30. The molecule has 0 aromatic carbocycles. The van der Waals surface area contributed by atoms with Crippen molar-refractivity contribution in [3.63, 3.8) is 0 Å². The number of hydrogen-bond acceptors (Lipinski definition) is 4. The fourth-order valence-electron chi connectivity index (χ4n) is 3.66. The minimum Gasteiger partial charge on any atom is -0.344 e. The van der Waals surface area contributed by atoms with E-state index in [1.807, 2.05) is 19.9 Å². The highest BCUT2D eigenvalue weighted by atomic mass is 35.5. The second-order valence-electron chi connectivity index (χ2n) is 7.57. The van der Waals surface area contributed by atoms with Crippen molar-refractivity contribution in [1.29, 1.82) is 0 Å². The van der Waals surface area contributed by atoms with E-state index in [0.717, 1.165) is 34.4 Å². The molecule has 0 spiro atoms. The van der Waals surface area contributed by atoms with Gasteiger partial charge in [0, 0.05) is 10.4 Å². The number of hydrogen-bond donors (Lipinski definition) is 1. The van der Waals surface area contributed by atoms with Gasteiger partial charge in [0.2, 0.25) is 0 Å². The van der Waals surface area contributed by atoms with Gasteiger partial charge in [-0.25, -0.2) is 4.39 Å². The van der Waals surface area contributed by atoms with E-state index in [4.69, 9.17) is 11.6 Å². The number of aryl methyl sites for hydroxylation is 1. The Labute approximate surface area is 195 Å². The van der Waals surface area contributed by atoms with Gasteiger partial charge in [0.15, 0.2) is 0 Å². The Bertz CT molecular complexity index is 1120. The molecule has 162 valence electrons. The molecule has 0 bridgehead atoms. The third-order valence-corrected chi connectivity index (χ3v) is 7.77. The molecule has 2 aromatic rings. The fourth-order valence-corrected chi connectivity index (χ4v) is 6.34. The van der Waals surface area contributed by atoms with Crippen LogP contribution in [-0.2, 0) is 6.42 Å². The minimum absolute atomic E-state index is 0.0301. The number of carbonyl (C=O) groups is 1. The zero-order valence-electron chi connectivity index (χ0n) is 17.6. The Balaban J connectivity index is 1.97. The van der Waals surface area contributed by atoms with E-state index in [1.54, 1.807) is 11.3 Å². The molecule has 1 N–H and O–H groups in total. The van der Waals surface area contributed by atoms with Crippen molar-refractivity contribution >= 4 is 58.2 Å². The largest absolute Gasteiger partial charge is 0.344 e. The molecule has 2 heterocycles. The predicted octanol–water partition coefficient (Wildman–Crippen LogP) is 7.94. The third kappa shape index (κ3) is 4.66. The first-order valence-electron chi connectivity index (χ1n) is 9.78. The Morgan fingerprint density at radius 2 is 2.06 bits per heavy atom. The molecule has 3 nitrogen and oxygen atoms in total. The lowest BCUT2D eigenvalue weighted by atomic mass is 9.98. The van der Waals surface area contributed by atoms with E-state index in [-0.39, 0.29) is 17.9 Å². The number of halogens is 2. The van der Waals surface area contributed by atoms with Gasteiger partial charge >= 0.3 is 0 Å². The molecule has 31 heavy (non-hydrogen) atoms. The predicted molar refractivity (Wildman–Crippen MR) is 133 cm³/mol. The summed E-state index contributed by atoms with van der Waals surface area (Å²) in [7, 11) is 0. The summed E-state index contributed by atoms with van der Waals surface area (Å²) in [6.07, 6.45) is 4.12. The average Bonchev–Trinajstić information content (AvgIpc) is 3.39. The van der Waals surface area contributed by atoms with E-state index < -0.39 is 5.83 Å². The van der Waals surface area contributed by atoms with Gasteiger partial charge in [-0.3, -0.25) is 9.79 Å². The second-order valence-corrected chi connectivity index (χ2v) is 10.4. The number of nitrogens with one attached hydrogen (secondary N) is 1. The van der Waals surface area contributed by atoms with E-state index in [0.29, 0.717) is 26.6 Å². The summed E-state index contributed by atoms with van der Waals surface area (Å²) in [5.41, 5.74) is 3.37. The van der Waals surface area contributed by atoms with E-state index in [1.165, 1.54) is 22.3 Å². The molecule has 2 aromatic heterocycles. The van der Waals surface area contributed by atoms with Crippen LogP contribution in [0, 0.1) is 0 Å². The second kappa shape index (κ2) is 9.47. The quantitative estimate of drug-likeness (QED) is 0.306. The first-order chi connectivity index (χ1) is 14.7. The number of allylic oxidation sites excluding steroid dienone is 5. The summed E-state index contributed by atoms with van der Waals surface area (Å²) in [5, 5.41) is 3.15. The molecule has 0 saturated carbocycles. The fraction of sp³-hybridized carbons (Fsp3) is 0.250. The Morgan fingerprint density at radius 3 is 2.68 bits per heavy atom. The maximum absolute atomic E-state index is 13.7. The topological polar surface area (TPSA) is 41.5 Å². The Kier molecular flexibility index (Phi) is 7.14. The van der Waals surface area contributed by atoms with Crippen molar-refractivity contribution < 1.29 is 9.18 Å². The standard InChI is InChI=1S/C24H24ClFN2OS2/c1-7-15(26)10-13(4)14(5)22-21(27-6)20(12(2)3)23(31-22)24(29)28-17-8-9-18-16(17)11-19(25)30-18/h7,10-12,17H,1,4-6,8-9H2,2-3H3,(H,28,29)/b15-10+/t17-/m0/s1. The monoisotopic (exact) mass is 474 g/mol. The first-order valence-corrected chi connectivity index (χ1v) is 11.8. The molecule has 7 heteroatoms. The van der Waals surface area contributed by atoms with E-state index in [9.17, 15) is 9.18 Å². The van der Waals surface area contributed by atoms with Crippen molar-refractivity contribution in [2.24, 2.45) is 4.99 Å². The first kappa shape index (κ1) is 23.4. The van der Waals surface area contributed by atoms with Crippen LogP contribution < -0.4 is 5.32 Å². The lowest BCUT2D eigenvalue weighted by molar-refractivity contribution is 0.0939. The SMILES string of the molecule is C=C/C(F)=C\C(=C)C(=C)c1sc(C(=O)N[C@H]2CCc3sc(Cl)cc32)c(C(C)C)c1N=C. The van der Waals surface area contributed by atoms with Crippen LogP contribution in [-0.4, -0.2) is 12.6 Å². The van der Waals surface area contributed by atoms with Gasteiger partial charge in [-0.2, -0.15) is 0 Å². The molecule has 0 fully saturated rings. The number of amides is 1. The summed E-state index contributed by atoms with van der Waals surface area (Å²) in [4.78, 5) is 19.9. The number of rotatable bonds is 8. The lowest BCUT2D eigenvalue weighted by Gasteiger charge is -2.14. The van der Waals surface area contributed by atoms with Crippen LogP contribution >= 0.6 is 34.3 Å². The van der Waals surface area contributed by atoms with E-state index in [2.05, 4.69) is 36.8 Å². The third-order valence-electron chi connectivity index (χ3n) is 5.18. The van der Waals surface area contributed by atoms with Gasteiger partial charge in [0.25, 0.3) is 5.91 Å². The van der Waals surface area contributed by atoms with Crippen LogP contribution in [0.4, 0.5) is 10.1 Å². The maximum atomic E-state index is 13.7. The Morgan fingerprint density at radius 1 is 1.35 bits per heavy atom. The molecule has 0 radical (unpaired) electrons. The van der Waals surface area contributed by atoms with Crippen molar-refractivity contribution in [2.45, 2.75) is 38.6 Å². The number of thiophene rings is 2. The zero-order chi connectivity index (χ0) is 22.9. The van der Waals surface area contributed by atoms with Gasteiger partial charge in [-0.15, -0.1) is 22.7 Å². The molecule has 1 aliphatic rings. The van der Waals surface area contributed by atoms with Crippen LogP contribution in [0.2, 0.25) is 4.34 Å². The van der Waals surface area contributed by atoms with Crippen LogP contribution in [0.3, 0.4) is 0 Å². The number of fused-ring (bicyclic) bond motifs is 1. The van der Waals surface area contributed by atoms with Crippen molar-refractivity contribution in [2.75, 3.05) is 0 Å².